The molecule has 1 atom stereocenters. The molecule has 1 heterocycles. The Morgan fingerprint density at radius 3 is 2.37 bits per heavy atom. The van der Waals surface area contributed by atoms with Crippen LogP contribution < -0.4 is 9.47 Å². The summed E-state index contributed by atoms with van der Waals surface area (Å²) in [6.45, 7) is 1.58. The van der Waals surface area contributed by atoms with Crippen LogP contribution in [-0.2, 0) is 16.1 Å². The van der Waals surface area contributed by atoms with Crippen LogP contribution in [0, 0.1) is 0 Å². The minimum absolute atomic E-state index is 0.149. The third-order valence-corrected chi connectivity index (χ3v) is 6.58. The number of amides is 1. The maximum atomic E-state index is 13.6. The summed E-state index contributed by atoms with van der Waals surface area (Å²) in [7, 11) is 1.45. The number of carbonyl (C=O) groups excluding carboxylic acids is 1. The first kappa shape index (κ1) is 26.5. The standard InChI is InChI=1S/C28H24N2O7S/c1-17(26(32)33)37-24-20(7-6-10-22(24)36-2)15-23-25(31)30(16-18-11-13-19(14-12-18)27(34)35)28(38-23)29-21-8-4-3-5-9-21/h3-15,17H,16H2,1-2H3,(H,32,33)(H,34,35)/b23-15-,29-28?/t17-/m0/s1. The number of para-hydroxylation sites is 2. The average Bonchev–Trinajstić information content (AvgIpc) is 3.19. The molecule has 0 aromatic heterocycles. The van der Waals surface area contributed by atoms with Crippen LogP contribution >= 0.6 is 11.8 Å². The quantitative estimate of drug-likeness (QED) is 0.367. The van der Waals surface area contributed by atoms with Crippen LogP contribution in [0.25, 0.3) is 6.08 Å². The van der Waals surface area contributed by atoms with E-state index in [4.69, 9.17) is 9.47 Å². The van der Waals surface area contributed by atoms with E-state index in [1.54, 1.807) is 36.4 Å². The monoisotopic (exact) mass is 532 g/mol. The number of nitrogens with zero attached hydrogens (tertiary/aromatic N) is 2. The van der Waals surface area contributed by atoms with Crippen LogP contribution in [0.3, 0.4) is 0 Å². The van der Waals surface area contributed by atoms with Crippen LogP contribution in [0.15, 0.2) is 82.7 Å². The van der Waals surface area contributed by atoms with Crippen molar-refractivity contribution >= 4 is 46.5 Å². The van der Waals surface area contributed by atoms with E-state index in [1.165, 1.54) is 42.8 Å². The molecule has 9 nitrogen and oxygen atoms in total. The molecule has 1 fully saturated rings. The molecule has 0 saturated carbocycles. The fourth-order valence-electron chi connectivity index (χ4n) is 3.58. The summed E-state index contributed by atoms with van der Waals surface area (Å²) in [6.07, 6.45) is 0.476. The predicted octanol–water partition coefficient (Wildman–Crippen LogP) is 5.05. The molecule has 1 saturated heterocycles. The zero-order valence-corrected chi connectivity index (χ0v) is 21.3. The van der Waals surface area contributed by atoms with Crippen molar-refractivity contribution in [1.82, 2.24) is 4.90 Å². The molecule has 0 radical (unpaired) electrons. The summed E-state index contributed by atoms with van der Waals surface area (Å²) in [5.74, 6) is -1.95. The van der Waals surface area contributed by atoms with Crippen LogP contribution in [0.2, 0.25) is 0 Å². The zero-order chi connectivity index (χ0) is 27.2. The lowest BCUT2D eigenvalue weighted by Crippen LogP contribution is -2.28. The van der Waals surface area contributed by atoms with Crippen molar-refractivity contribution in [2.45, 2.75) is 19.6 Å². The first-order chi connectivity index (χ1) is 18.3. The molecule has 1 aliphatic rings. The largest absolute Gasteiger partial charge is 0.493 e. The minimum atomic E-state index is -1.14. The minimum Gasteiger partial charge on any atom is -0.493 e. The van der Waals surface area contributed by atoms with Crippen LogP contribution in [-0.4, -0.2) is 51.3 Å². The molecule has 0 unspecified atom stereocenters. The Balaban J connectivity index is 1.73. The highest BCUT2D eigenvalue weighted by Crippen LogP contribution is 2.39. The second-order valence-electron chi connectivity index (χ2n) is 8.21. The van der Waals surface area contributed by atoms with Crippen LogP contribution in [0.4, 0.5) is 5.69 Å². The van der Waals surface area contributed by atoms with Gasteiger partial charge < -0.3 is 19.7 Å². The summed E-state index contributed by atoms with van der Waals surface area (Å²) >= 11 is 1.17. The molecule has 0 bridgehead atoms. The number of ether oxygens (including phenoxy) is 2. The molecule has 3 aromatic carbocycles. The average molecular weight is 533 g/mol. The van der Waals surface area contributed by atoms with E-state index in [2.05, 4.69) is 4.99 Å². The topological polar surface area (TPSA) is 126 Å². The van der Waals surface area contributed by atoms with Gasteiger partial charge in [-0.2, -0.15) is 0 Å². The van der Waals surface area contributed by atoms with Gasteiger partial charge in [0.25, 0.3) is 5.91 Å². The Kier molecular flexibility index (Phi) is 8.12. The first-order valence-corrected chi connectivity index (χ1v) is 12.3. The van der Waals surface area contributed by atoms with Gasteiger partial charge in [0.1, 0.15) is 0 Å². The molecular weight excluding hydrogens is 508 g/mol. The number of benzene rings is 3. The Labute approximate surface area is 223 Å². The number of carbonyl (C=O) groups is 3. The summed E-state index contributed by atoms with van der Waals surface area (Å²) in [5, 5.41) is 19.0. The lowest BCUT2D eigenvalue weighted by Gasteiger charge is -2.16. The Morgan fingerprint density at radius 2 is 1.74 bits per heavy atom. The molecule has 1 amide bonds. The number of carboxylic acid groups (broad SMARTS) is 2. The van der Waals surface area contributed by atoms with E-state index in [1.807, 2.05) is 30.3 Å². The Hall–Kier alpha value is -4.57. The molecule has 0 spiro atoms. The maximum Gasteiger partial charge on any atom is 0.344 e. The van der Waals surface area contributed by atoms with Crippen molar-refractivity contribution in [3.05, 3.63) is 94.4 Å². The van der Waals surface area contributed by atoms with Gasteiger partial charge in [-0.25, -0.2) is 14.6 Å². The van der Waals surface area contributed by atoms with E-state index >= 15 is 0 Å². The van der Waals surface area contributed by atoms with Gasteiger partial charge >= 0.3 is 11.9 Å². The van der Waals surface area contributed by atoms with Gasteiger partial charge in [-0.15, -0.1) is 0 Å². The van der Waals surface area contributed by atoms with Crippen molar-refractivity contribution in [2.75, 3.05) is 7.11 Å². The summed E-state index contributed by atoms with van der Waals surface area (Å²) < 4.78 is 11.0. The highest BCUT2D eigenvalue weighted by atomic mass is 32.2. The number of amidine groups is 1. The predicted molar refractivity (Wildman–Crippen MR) is 144 cm³/mol. The molecule has 1 aliphatic heterocycles. The molecule has 0 aliphatic carbocycles. The van der Waals surface area contributed by atoms with Gasteiger partial charge in [0.15, 0.2) is 22.8 Å². The first-order valence-electron chi connectivity index (χ1n) is 11.5. The molecule has 4 rings (SSSR count). The van der Waals surface area contributed by atoms with Crippen LogP contribution in [0.1, 0.15) is 28.4 Å². The Bertz CT molecular complexity index is 1420. The number of aromatic carboxylic acids is 1. The number of aliphatic imine (C=N–C) groups is 1. The van der Waals surface area contributed by atoms with E-state index < -0.39 is 18.0 Å². The smallest absolute Gasteiger partial charge is 0.344 e. The zero-order valence-electron chi connectivity index (χ0n) is 20.5. The lowest BCUT2D eigenvalue weighted by molar-refractivity contribution is -0.144. The fourth-order valence-corrected chi connectivity index (χ4v) is 4.57. The van der Waals surface area contributed by atoms with Crippen molar-refractivity contribution in [3.8, 4) is 11.5 Å². The highest BCUT2D eigenvalue weighted by Gasteiger charge is 2.34. The van der Waals surface area contributed by atoms with Crippen molar-refractivity contribution in [2.24, 2.45) is 4.99 Å². The number of thioether (sulfide) groups is 1. The maximum absolute atomic E-state index is 13.6. The summed E-state index contributed by atoms with van der Waals surface area (Å²) in [5.41, 5.74) is 2.01. The molecule has 10 heteroatoms. The third kappa shape index (κ3) is 6.04. The fraction of sp³-hybridized carbons (Fsp3) is 0.143. The summed E-state index contributed by atoms with van der Waals surface area (Å²) in [6, 6.07) is 20.5. The normalized spacial score (nSPS) is 16.1. The van der Waals surface area contributed by atoms with Gasteiger partial charge in [0, 0.05) is 5.56 Å². The number of hydrogen-bond acceptors (Lipinski definition) is 7. The number of rotatable bonds is 9. The summed E-state index contributed by atoms with van der Waals surface area (Å²) in [4.78, 5) is 42.7. The van der Waals surface area contributed by atoms with Crippen LogP contribution in [0.5, 0.6) is 11.5 Å². The SMILES string of the molecule is COc1cccc(/C=C2\SC(=Nc3ccccc3)N(Cc3ccc(C(=O)O)cc3)C2=O)c1O[C@@H](C)C(=O)O. The van der Waals surface area contributed by atoms with Gasteiger partial charge in [-0.1, -0.05) is 42.5 Å². The molecule has 2 N–H and O–H groups in total. The van der Waals surface area contributed by atoms with Crippen molar-refractivity contribution in [1.29, 1.82) is 0 Å². The van der Waals surface area contributed by atoms with E-state index in [9.17, 15) is 24.6 Å². The number of hydrogen-bond donors (Lipinski definition) is 2. The van der Waals surface area contributed by atoms with Crippen molar-refractivity contribution < 1.29 is 34.1 Å². The molecule has 194 valence electrons. The number of carboxylic acids is 2. The molecular formula is C28H24N2O7S. The number of methoxy groups -OCH3 is 1. The molecule has 3 aromatic rings. The molecule has 38 heavy (non-hydrogen) atoms. The van der Waals surface area contributed by atoms with Gasteiger partial charge in [0.2, 0.25) is 0 Å². The number of aliphatic carboxylic acids is 1. The van der Waals surface area contributed by atoms with E-state index in [0.717, 1.165) is 5.56 Å². The van der Waals surface area contributed by atoms with Gasteiger partial charge in [-0.3, -0.25) is 9.69 Å². The van der Waals surface area contributed by atoms with Crippen molar-refractivity contribution in [3.63, 3.8) is 0 Å². The highest BCUT2D eigenvalue weighted by molar-refractivity contribution is 8.18. The second kappa shape index (κ2) is 11.7. The third-order valence-electron chi connectivity index (χ3n) is 5.57. The van der Waals surface area contributed by atoms with E-state index in [0.29, 0.717) is 27.1 Å². The van der Waals surface area contributed by atoms with E-state index in [-0.39, 0.29) is 23.8 Å². The van der Waals surface area contributed by atoms with Gasteiger partial charge in [-0.05, 0) is 60.7 Å². The lowest BCUT2D eigenvalue weighted by atomic mass is 10.1. The van der Waals surface area contributed by atoms with Gasteiger partial charge in [0.05, 0.1) is 29.8 Å². The second-order valence-corrected chi connectivity index (χ2v) is 9.22. The Morgan fingerprint density at radius 1 is 1.03 bits per heavy atom.